The van der Waals surface area contributed by atoms with E-state index >= 15 is 0 Å². The van der Waals surface area contributed by atoms with Crippen molar-refractivity contribution in [3.05, 3.63) is 28.8 Å². The molecular formula is C11H13N5O. The molecule has 0 aliphatic carbocycles. The van der Waals surface area contributed by atoms with E-state index in [0.29, 0.717) is 16.9 Å². The Bertz CT molecular complexity index is 588. The van der Waals surface area contributed by atoms with Gasteiger partial charge in [-0.05, 0) is 6.07 Å². The van der Waals surface area contributed by atoms with Crippen molar-refractivity contribution in [2.45, 2.75) is 0 Å². The van der Waals surface area contributed by atoms with Crippen LogP contribution in [0.3, 0.4) is 0 Å². The Hall–Kier alpha value is -1.95. The lowest BCUT2D eigenvalue weighted by Gasteiger charge is -2.27. The second-order valence-corrected chi connectivity index (χ2v) is 4.01. The first-order chi connectivity index (χ1) is 8.34. The zero-order chi connectivity index (χ0) is 11.7. The van der Waals surface area contributed by atoms with Gasteiger partial charge in [-0.3, -0.25) is 4.79 Å². The average molecular weight is 231 g/mol. The Labute approximate surface area is 97.7 Å². The zero-order valence-electron chi connectivity index (χ0n) is 9.31. The number of fused-ring (bicyclic) bond motifs is 1. The molecule has 1 fully saturated rings. The number of hydrogen-bond donors (Lipinski definition) is 2. The highest BCUT2D eigenvalue weighted by molar-refractivity contribution is 5.77. The van der Waals surface area contributed by atoms with Crippen LogP contribution in [0.4, 0.5) is 5.95 Å². The Kier molecular flexibility index (Phi) is 2.49. The number of aromatic nitrogens is 3. The van der Waals surface area contributed by atoms with Crippen molar-refractivity contribution in [1.29, 1.82) is 0 Å². The molecule has 17 heavy (non-hydrogen) atoms. The van der Waals surface area contributed by atoms with Crippen LogP contribution >= 0.6 is 0 Å². The molecule has 0 unspecified atom stereocenters. The molecule has 0 spiro atoms. The van der Waals surface area contributed by atoms with Crippen molar-refractivity contribution >= 4 is 16.9 Å². The normalized spacial score (nSPS) is 16.4. The van der Waals surface area contributed by atoms with Gasteiger partial charge in [0.2, 0.25) is 5.95 Å². The average Bonchev–Trinajstić information content (AvgIpc) is 2.40. The van der Waals surface area contributed by atoms with Crippen LogP contribution in [0.5, 0.6) is 0 Å². The van der Waals surface area contributed by atoms with Gasteiger partial charge in [-0.2, -0.15) is 0 Å². The van der Waals surface area contributed by atoms with Crippen LogP contribution in [0.15, 0.2) is 23.3 Å². The van der Waals surface area contributed by atoms with E-state index in [4.69, 9.17) is 0 Å². The van der Waals surface area contributed by atoms with Gasteiger partial charge in [-0.25, -0.2) is 9.97 Å². The van der Waals surface area contributed by atoms with Crippen LogP contribution < -0.4 is 15.8 Å². The molecule has 2 aromatic rings. The maximum Gasteiger partial charge on any atom is 0.258 e. The number of hydrogen-bond acceptors (Lipinski definition) is 5. The summed E-state index contributed by atoms with van der Waals surface area (Å²) in [4.78, 5) is 24.9. The van der Waals surface area contributed by atoms with Crippen LogP contribution in [0.2, 0.25) is 0 Å². The number of nitrogens with zero attached hydrogens (tertiary/aromatic N) is 3. The first-order valence-electron chi connectivity index (χ1n) is 5.65. The zero-order valence-corrected chi connectivity index (χ0v) is 9.31. The van der Waals surface area contributed by atoms with E-state index in [2.05, 4.69) is 25.2 Å². The smallest absolute Gasteiger partial charge is 0.258 e. The predicted octanol–water partition coefficient (Wildman–Crippen LogP) is -0.272. The Morgan fingerprint density at radius 3 is 2.94 bits per heavy atom. The highest BCUT2D eigenvalue weighted by atomic mass is 16.1. The molecule has 6 heteroatoms. The summed E-state index contributed by atoms with van der Waals surface area (Å²) < 4.78 is 0. The molecule has 3 heterocycles. The van der Waals surface area contributed by atoms with Gasteiger partial charge < -0.3 is 15.2 Å². The third kappa shape index (κ3) is 1.87. The lowest BCUT2D eigenvalue weighted by atomic mass is 10.3. The first-order valence-corrected chi connectivity index (χ1v) is 5.65. The Morgan fingerprint density at radius 2 is 2.12 bits per heavy atom. The lowest BCUT2D eigenvalue weighted by Crippen LogP contribution is -2.44. The number of aromatic amines is 1. The summed E-state index contributed by atoms with van der Waals surface area (Å²) in [6, 6.07) is 1.80. The van der Waals surface area contributed by atoms with Crippen LogP contribution in [-0.4, -0.2) is 41.1 Å². The minimum atomic E-state index is -0.144. The van der Waals surface area contributed by atoms with E-state index < -0.39 is 0 Å². The SMILES string of the molecule is O=c1[nH]ccc2nc(N3CCNCC3)ncc12. The predicted molar refractivity (Wildman–Crippen MR) is 65.2 cm³/mol. The van der Waals surface area contributed by atoms with Gasteiger partial charge in [-0.1, -0.05) is 0 Å². The molecule has 2 aromatic heterocycles. The Morgan fingerprint density at radius 1 is 1.29 bits per heavy atom. The number of H-pyrrole nitrogens is 1. The van der Waals surface area contributed by atoms with Gasteiger partial charge in [0, 0.05) is 38.6 Å². The van der Waals surface area contributed by atoms with Gasteiger partial charge in [0.05, 0.1) is 10.9 Å². The number of anilines is 1. The highest BCUT2D eigenvalue weighted by Crippen LogP contribution is 2.11. The molecule has 1 aliphatic rings. The molecule has 0 bridgehead atoms. The van der Waals surface area contributed by atoms with E-state index in [0.717, 1.165) is 26.2 Å². The highest BCUT2D eigenvalue weighted by Gasteiger charge is 2.13. The van der Waals surface area contributed by atoms with Gasteiger partial charge in [-0.15, -0.1) is 0 Å². The summed E-state index contributed by atoms with van der Waals surface area (Å²) in [5.41, 5.74) is 0.548. The van der Waals surface area contributed by atoms with E-state index in [1.807, 2.05) is 0 Å². The molecule has 0 amide bonds. The molecule has 0 saturated carbocycles. The van der Waals surface area contributed by atoms with Gasteiger partial charge >= 0.3 is 0 Å². The van der Waals surface area contributed by atoms with Crippen molar-refractivity contribution in [3.8, 4) is 0 Å². The van der Waals surface area contributed by atoms with Crippen LogP contribution in [0.25, 0.3) is 10.9 Å². The molecule has 6 nitrogen and oxygen atoms in total. The summed E-state index contributed by atoms with van der Waals surface area (Å²) >= 11 is 0. The largest absolute Gasteiger partial charge is 0.338 e. The van der Waals surface area contributed by atoms with Crippen LogP contribution in [-0.2, 0) is 0 Å². The molecule has 0 aromatic carbocycles. The third-order valence-corrected chi connectivity index (χ3v) is 2.91. The second kappa shape index (κ2) is 4.14. The molecule has 0 atom stereocenters. The van der Waals surface area contributed by atoms with Crippen molar-refractivity contribution in [3.63, 3.8) is 0 Å². The molecule has 0 radical (unpaired) electrons. The number of nitrogens with one attached hydrogen (secondary N) is 2. The molecule has 88 valence electrons. The maximum atomic E-state index is 11.5. The summed E-state index contributed by atoms with van der Waals surface area (Å²) in [5, 5.41) is 3.81. The topological polar surface area (TPSA) is 73.9 Å². The fraction of sp³-hybridized carbons (Fsp3) is 0.364. The van der Waals surface area contributed by atoms with E-state index in [1.165, 1.54) is 0 Å². The summed E-state index contributed by atoms with van der Waals surface area (Å²) in [6.07, 6.45) is 3.21. The lowest BCUT2D eigenvalue weighted by molar-refractivity contribution is 0.580. The van der Waals surface area contributed by atoms with Gasteiger partial charge in [0.25, 0.3) is 5.56 Å². The molecule has 2 N–H and O–H groups in total. The first kappa shape index (κ1) is 10.2. The molecular weight excluding hydrogens is 218 g/mol. The minimum Gasteiger partial charge on any atom is -0.338 e. The third-order valence-electron chi connectivity index (χ3n) is 2.91. The minimum absolute atomic E-state index is 0.144. The monoisotopic (exact) mass is 231 g/mol. The Balaban J connectivity index is 2.04. The standard InChI is InChI=1S/C11H13N5O/c17-10-8-7-14-11(15-9(8)1-2-13-10)16-5-3-12-4-6-16/h1-2,7,12H,3-6H2,(H,13,17). The van der Waals surface area contributed by atoms with Crippen molar-refractivity contribution in [1.82, 2.24) is 20.3 Å². The van der Waals surface area contributed by atoms with E-state index in [9.17, 15) is 4.79 Å². The second-order valence-electron chi connectivity index (χ2n) is 4.01. The fourth-order valence-electron chi connectivity index (χ4n) is 1.98. The molecule has 1 saturated heterocycles. The summed E-state index contributed by atoms with van der Waals surface area (Å²) in [6.45, 7) is 3.68. The fourth-order valence-corrected chi connectivity index (χ4v) is 1.98. The molecule has 1 aliphatic heterocycles. The number of pyridine rings is 1. The molecule has 3 rings (SSSR count). The van der Waals surface area contributed by atoms with Crippen molar-refractivity contribution in [2.75, 3.05) is 31.1 Å². The summed E-state index contributed by atoms with van der Waals surface area (Å²) in [7, 11) is 0. The van der Waals surface area contributed by atoms with Crippen molar-refractivity contribution in [2.24, 2.45) is 0 Å². The van der Waals surface area contributed by atoms with Crippen molar-refractivity contribution < 1.29 is 0 Å². The van der Waals surface area contributed by atoms with E-state index in [-0.39, 0.29) is 5.56 Å². The van der Waals surface area contributed by atoms with Gasteiger partial charge in [0.15, 0.2) is 0 Å². The van der Waals surface area contributed by atoms with Gasteiger partial charge in [0.1, 0.15) is 0 Å². The number of rotatable bonds is 1. The number of piperazine rings is 1. The maximum absolute atomic E-state index is 11.5. The quantitative estimate of drug-likeness (QED) is 0.706. The summed E-state index contributed by atoms with van der Waals surface area (Å²) in [5.74, 6) is 0.699. The van der Waals surface area contributed by atoms with Crippen LogP contribution in [0, 0.1) is 0 Å². The van der Waals surface area contributed by atoms with E-state index in [1.54, 1.807) is 18.5 Å². The van der Waals surface area contributed by atoms with Crippen LogP contribution in [0.1, 0.15) is 0 Å².